The molecule has 3 heterocycles. The van der Waals surface area contributed by atoms with Gasteiger partial charge in [0, 0.05) is 10.4 Å². The first-order chi connectivity index (χ1) is 12.0. The zero-order valence-electron chi connectivity index (χ0n) is 14.2. The summed E-state index contributed by atoms with van der Waals surface area (Å²) in [6.45, 7) is 2.61. The van der Waals surface area contributed by atoms with Gasteiger partial charge in [0.2, 0.25) is 0 Å². The zero-order valence-corrected chi connectivity index (χ0v) is 15.0. The minimum atomic E-state index is 0.529. The van der Waals surface area contributed by atoms with Crippen LogP contribution in [0.15, 0.2) is 34.7 Å². The molecule has 7 heteroatoms. The number of rotatable bonds is 3. The fraction of sp³-hybridized carbons (Fsp3) is 0.222. The van der Waals surface area contributed by atoms with Crippen LogP contribution in [0.1, 0.15) is 11.6 Å². The summed E-state index contributed by atoms with van der Waals surface area (Å²) in [4.78, 5) is 2.05. The van der Waals surface area contributed by atoms with Crippen LogP contribution in [0.5, 0.6) is 0 Å². The fourth-order valence-corrected chi connectivity index (χ4v) is 3.33. The second kappa shape index (κ2) is 5.75. The van der Waals surface area contributed by atoms with Crippen molar-refractivity contribution >= 4 is 33.8 Å². The highest BCUT2D eigenvalue weighted by atomic mass is 35.5. The summed E-state index contributed by atoms with van der Waals surface area (Å²) < 4.78 is 7.98. The van der Waals surface area contributed by atoms with Gasteiger partial charge in [0.05, 0.1) is 23.3 Å². The van der Waals surface area contributed by atoms with Gasteiger partial charge in [0.15, 0.2) is 5.65 Å². The molecule has 4 aromatic rings. The maximum atomic E-state index is 6.45. The van der Waals surface area contributed by atoms with Crippen LogP contribution >= 0.6 is 11.6 Å². The van der Waals surface area contributed by atoms with E-state index in [1.54, 1.807) is 0 Å². The predicted octanol–water partition coefficient (Wildman–Crippen LogP) is 3.75. The Morgan fingerprint density at radius 2 is 2.00 bits per heavy atom. The highest BCUT2D eigenvalue weighted by Gasteiger charge is 2.20. The molecule has 25 heavy (non-hydrogen) atoms. The number of halogens is 1. The summed E-state index contributed by atoms with van der Waals surface area (Å²) in [6.07, 6.45) is 0. The van der Waals surface area contributed by atoms with Crippen LogP contribution in [-0.4, -0.2) is 33.6 Å². The summed E-state index contributed by atoms with van der Waals surface area (Å²) in [6, 6.07) is 9.60. The summed E-state index contributed by atoms with van der Waals surface area (Å²) in [5.74, 6) is 2.34. The molecular formula is C18H18ClN5O. The number of pyridine rings is 1. The molecule has 4 rings (SSSR count). The van der Waals surface area contributed by atoms with Gasteiger partial charge in [-0.3, -0.25) is 4.40 Å². The van der Waals surface area contributed by atoms with Gasteiger partial charge in [0.1, 0.15) is 17.3 Å². The number of hydrogen-bond acceptors (Lipinski definition) is 5. The first-order valence-corrected chi connectivity index (χ1v) is 8.29. The summed E-state index contributed by atoms with van der Waals surface area (Å²) in [5.41, 5.74) is 9.34. The van der Waals surface area contributed by atoms with Crippen LogP contribution < -0.4 is 5.73 Å². The molecule has 0 spiro atoms. The van der Waals surface area contributed by atoms with Crippen LogP contribution in [0.4, 0.5) is 5.69 Å². The van der Waals surface area contributed by atoms with E-state index in [9.17, 15) is 0 Å². The third-order valence-corrected chi connectivity index (χ3v) is 4.42. The van der Waals surface area contributed by atoms with E-state index < -0.39 is 0 Å². The third kappa shape index (κ3) is 2.54. The topological polar surface area (TPSA) is 72.6 Å². The van der Waals surface area contributed by atoms with E-state index in [0.29, 0.717) is 28.7 Å². The van der Waals surface area contributed by atoms with Crippen molar-refractivity contribution in [3.63, 3.8) is 0 Å². The monoisotopic (exact) mass is 355 g/mol. The van der Waals surface area contributed by atoms with Gasteiger partial charge in [-0.05, 0) is 51.4 Å². The van der Waals surface area contributed by atoms with Crippen LogP contribution in [0.2, 0.25) is 5.02 Å². The molecule has 0 aliphatic heterocycles. The van der Waals surface area contributed by atoms with Crippen molar-refractivity contribution in [1.82, 2.24) is 19.5 Å². The maximum Gasteiger partial charge on any atom is 0.185 e. The highest BCUT2D eigenvalue weighted by Crippen LogP contribution is 2.38. The predicted molar refractivity (Wildman–Crippen MR) is 99.7 cm³/mol. The third-order valence-electron chi connectivity index (χ3n) is 4.18. The number of nitrogen functional groups attached to an aromatic ring is 1. The normalized spacial score (nSPS) is 11.9. The standard InChI is InChI=1S/C18H18ClN5O/c1-10-21-22-18-17(20)16(15-7-5-12(25-15)9-23(2)3)13-8-11(19)4-6-14(13)24(10)18/h4-8H,9,20H2,1-3H3. The Morgan fingerprint density at radius 1 is 1.20 bits per heavy atom. The lowest BCUT2D eigenvalue weighted by Gasteiger charge is -2.12. The molecule has 1 aromatic carbocycles. The van der Waals surface area contributed by atoms with Crippen LogP contribution in [0.25, 0.3) is 27.9 Å². The number of hydrogen-bond donors (Lipinski definition) is 1. The molecule has 0 saturated carbocycles. The van der Waals surface area contributed by atoms with Gasteiger partial charge in [-0.2, -0.15) is 0 Å². The SMILES string of the molecule is Cc1nnc2c(N)c(-c3ccc(CN(C)C)o3)c3cc(Cl)ccc3n12. The molecule has 0 amide bonds. The smallest absolute Gasteiger partial charge is 0.185 e. The maximum absolute atomic E-state index is 6.45. The number of nitrogens with zero attached hydrogens (tertiary/aromatic N) is 4. The first kappa shape index (κ1) is 15.9. The zero-order chi connectivity index (χ0) is 17.7. The quantitative estimate of drug-likeness (QED) is 0.606. The molecule has 6 nitrogen and oxygen atoms in total. The lowest BCUT2D eigenvalue weighted by molar-refractivity contribution is 0.353. The molecule has 0 bridgehead atoms. The first-order valence-electron chi connectivity index (χ1n) is 7.92. The minimum Gasteiger partial charge on any atom is -0.460 e. The van der Waals surface area contributed by atoms with E-state index >= 15 is 0 Å². The molecule has 3 aromatic heterocycles. The Kier molecular flexibility index (Phi) is 3.67. The molecule has 0 fully saturated rings. The Bertz CT molecular complexity index is 1100. The average Bonchev–Trinajstić information content (AvgIpc) is 3.14. The van der Waals surface area contributed by atoms with Crippen molar-refractivity contribution in [3.8, 4) is 11.3 Å². The van der Waals surface area contributed by atoms with Crippen molar-refractivity contribution in [1.29, 1.82) is 0 Å². The molecule has 0 radical (unpaired) electrons. The van der Waals surface area contributed by atoms with E-state index in [4.69, 9.17) is 21.8 Å². The summed E-state index contributed by atoms with van der Waals surface area (Å²) in [5, 5.41) is 9.95. The van der Waals surface area contributed by atoms with Crippen molar-refractivity contribution in [3.05, 3.63) is 46.9 Å². The second-order valence-corrected chi connectivity index (χ2v) is 6.80. The van der Waals surface area contributed by atoms with Crippen molar-refractivity contribution < 1.29 is 4.42 Å². The van der Waals surface area contributed by atoms with Crippen molar-refractivity contribution in [2.75, 3.05) is 19.8 Å². The summed E-state index contributed by atoms with van der Waals surface area (Å²) >= 11 is 6.25. The average molecular weight is 356 g/mol. The fourth-order valence-electron chi connectivity index (χ4n) is 3.16. The molecule has 0 aliphatic rings. The number of anilines is 1. The second-order valence-electron chi connectivity index (χ2n) is 6.36. The number of aryl methyl sites for hydroxylation is 1. The Hall–Kier alpha value is -2.57. The molecule has 0 aliphatic carbocycles. The van der Waals surface area contributed by atoms with Gasteiger partial charge in [-0.1, -0.05) is 11.6 Å². The minimum absolute atomic E-state index is 0.529. The number of benzene rings is 1. The van der Waals surface area contributed by atoms with Gasteiger partial charge in [-0.15, -0.1) is 10.2 Å². The summed E-state index contributed by atoms with van der Waals surface area (Å²) in [7, 11) is 3.99. The van der Waals surface area contributed by atoms with E-state index in [-0.39, 0.29) is 0 Å². The Labute approximate surface area is 149 Å². The number of nitrogens with two attached hydrogens (primary N) is 1. The number of furan rings is 1. The van der Waals surface area contributed by atoms with Gasteiger partial charge >= 0.3 is 0 Å². The number of fused-ring (bicyclic) bond motifs is 3. The van der Waals surface area contributed by atoms with E-state index in [1.165, 1.54) is 0 Å². The van der Waals surface area contributed by atoms with Gasteiger partial charge in [0.25, 0.3) is 0 Å². The van der Waals surface area contributed by atoms with Gasteiger partial charge < -0.3 is 15.1 Å². The van der Waals surface area contributed by atoms with Crippen LogP contribution in [0, 0.1) is 6.92 Å². The van der Waals surface area contributed by atoms with E-state index in [1.807, 2.05) is 60.7 Å². The lowest BCUT2D eigenvalue weighted by atomic mass is 10.0. The Balaban J connectivity index is 2.06. The number of aromatic nitrogens is 3. The van der Waals surface area contributed by atoms with Gasteiger partial charge in [-0.25, -0.2) is 0 Å². The lowest BCUT2D eigenvalue weighted by Crippen LogP contribution is -2.09. The molecule has 0 atom stereocenters. The largest absolute Gasteiger partial charge is 0.460 e. The van der Waals surface area contributed by atoms with E-state index in [0.717, 1.165) is 28.1 Å². The van der Waals surface area contributed by atoms with Crippen LogP contribution in [-0.2, 0) is 6.54 Å². The molecule has 0 unspecified atom stereocenters. The van der Waals surface area contributed by atoms with Crippen molar-refractivity contribution in [2.24, 2.45) is 0 Å². The van der Waals surface area contributed by atoms with Crippen molar-refractivity contribution in [2.45, 2.75) is 13.5 Å². The molecule has 2 N–H and O–H groups in total. The van der Waals surface area contributed by atoms with E-state index in [2.05, 4.69) is 10.2 Å². The Morgan fingerprint density at radius 3 is 2.76 bits per heavy atom. The highest BCUT2D eigenvalue weighted by molar-refractivity contribution is 6.31. The molecule has 0 saturated heterocycles. The van der Waals surface area contributed by atoms with Crippen LogP contribution in [0.3, 0.4) is 0 Å². The molecular weight excluding hydrogens is 338 g/mol. The molecule has 128 valence electrons.